The highest BCUT2D eigenvalue weighted by atomic mass is 19.1. The van der Waals surface area contributed by atoms with E-state index in [4.69, 9.17) is 10.6 Å². The molecule has 0 spiro atoms. The van der Waals surface area contributed by atoms with Crippen LogP contribution in [0.2, 0.25) is 0 Å². The van der Waals surface area contributed by atoms with Crippen LogP contribution >= 0.6 is 0 Å². The first-order chi connectivity index (χ1) is 10.2. The third-order valence-corrected chi connectivity index (χ3v) is 2.97. The van der Waals surface area contributed by atoms with Gasteiger partial charge in [0.2, 0.25) is 0 Å². The highest BCUT2D eigenvalue weighted by Crippen LogP contribution is 2.22. The molecular weight excluding hydrogens is 273 g/mol. The number of anilines is 2. The number of hydrazine groups is 1. The van der Waals surface area contributed by atoms with Crippen LogP contribution in [0.4, 0.5) is 15.8 Å². The van der Waals surface area contributed by atoms with E-state index < -0.39 is 11.7 Å². The van der Waals surface area contributed by atoms with Crippen LogP contribution in [0.5, 0.6) is 0 Å². The SMILES string of the molecule is COCc1ccccc1NC(=O)c1cccc(F)c1NN. The summed E-state index contributed by atoms with van der Waals surface area (Å²) in [6.45, 7) is 0.363. The van der Waals surface area contributed by atoms with Crippen molar-refractivity contribution in [1.29, 1.82) is 0 Å². The first-order valence-electron chi connectivity index (χ1n) is 6.30. The summed E-state index contributed by atoms with van der Waals surface area (Å²) >= 11 is 0. The fraction of sp³-hybridized carbons (Fsp3) is 0.133. The zero-order valence-electron chi connectivity index (χ0n) is 11.5. The standard InChI is InChI=1S/C15H16FN3O2/c1-21-9-10-5-2-3-8-13(10)18-15(20)11-6-4-7-12(16)14(11)19-17/h2-8,19H,9,17H2,1H3,(H,18,20). The Morgan fingerprint density at radius 3 is 2.71 bits per heavy atom. The maximum Gasteiger partial charge on any atom is 0.257 e. The van der Waals surface area contributed by atoms with Crippen LogP contribution < -0.4 is 16.6 Å². The fourth-order valence-electron chi connectivity index (χ4n) is 1.97. The molecule has 110 valence electrons. The number of ether oxygens (including phenoxy) is 1. The summed E-state index contributed by atoms with van der Waals surface area (Å²) in [5, 5.41) is 2.73. The summed E-state index contributed by atoms with van der Waals surface area (Å²) in [5.41, 5.74) is 3.73. The molecule has 0 saturated carbocycles. The lowest BCUT2D eigenvalue weighted by molar-refractivity contribution is 0.102. The average molecular weight is 289 g/mol. The topological polar surface area (TPSA) is 76.4 Å². The number of nitrogen functional groups attached to an aromatic ring is 1. The van der Waals surface area contributed by atoms with Gasteiger partial charge in [0.1, 0.15) is 5.82 Å². The molecule has 2 aromatic carbocycles. The Hall–Kier alpha value is -2.44. The van der Waals surface area contributed by atoms with Gasteiger partial charge in [-0.2, -0.15) is 0 Å². The van der Waals surface area contributed by atoms with Crippen molar-refractivity contribution in [1.82, 2.24) is 0 Å². The van der Waals surface area contributed by atoms with Crippen LogP contribution in [-0.4, -0.2) is 13.0 Å². The van der Waals surface area contributed by atoms with E-state index in [1.54, 1.807) is 19.2 Å². The van der Waals surface area contributed by atoms with E-state index in [0.717, 1.165) is 5.56 Å². The molecule has 2 aromatic rings. The summed E-state index contributed by atoms with van der Waals surface area (Å²) in [4.78, 5) is 12.3. The Bertz CT molecular complexity index is 647. The van der Waals surface area contributed by atoms with E-state index in [-0.39, 0.29) is 11.3 Å². The normalized spacial score (nSPS) is 10.2. The van der Waals surface area contributed by atoms with Gasteiger partial charge in [-0.3, -0.25) is 10.6 Å². The van der Waals surface area contributed by atoms with E-state index in [1.165, 1.54) is 18.2 Å². The predicted octanol–water partition coefficient (Wildman–Crippen LogP) is 2.51. The number of amides is 1. The number of nitrogens with one attached hydrogen (secondary N) is 2. The minimum absolute atomic E-state index is 0.0424. The van der Waals surface area contributed by atoms with Crippen molar-refractivity contribution in [2.45, 2.75) is 6.61 Å². The number of carbonyl (C=O) groups is 1. The number of carbonyl (C=O) groups excluding carboxylic acids is 1. The van der Waals surface area contributed by atoms with Crippen molar-refractivity contribution in [2.75, 3.05) is 17.9 Å². The van der Waals surface area contributed by atoms with Crippen molar-refractivity contribution in [3.63, 3.8) is 0 Å². The van der Waals surface area contributed by atoms with Gasteiger partial charge in [-0.05, 0) is 18.2 Å². The molecule has 5 nitrogen and oxygen atoms in total. The number of hydrogen-bond donors (Lipinski definition) is 3. The summed E-state index contributed by atoms with van der Waals surface area (Å²) < 4.78 is 18.7. The van der Waals surface area contributed by atoms with Gasteiger partial charge in [-0.15, -0.1) is 0 Å². The first kappa shape index (κ1) is 15.0. The van der Waals surface area contributed by atoms with Crippen LogP contribution in [0.3, 0.4) is 0 Å². The van der Waals surface area contributed by atoms with Crippen molar-refractivity contribution >= 4 is 17.3 Å². The van der Waals surface area contributed by atoms with Crippen LogP contribution in [-0.2, 0) is 11.3 Å². The molecule has 0 radical (unpaired) electrons. The van der Waals surface area contributed by atoms with E-state index in [9.17, 15) is 9.18 Å². The van der Waals surface area contributed by atoms with Gasteiger partial charge >= 0.3 is 0 Å². The Morgan fingerprint density at radius 1 is 1.24 bits per heavy atom. The monoisotopic (exact) mass is 289 g/mol. The third kappa shape index (κ3) is 3.36. The number of methoxy groups -OCH3 is 1. The van der Waals surface area contributed by atoms with Crippen molar-refractivity contribution < 1.29 is 13.9 Å². The zero-order valence-corrected chi connectivity index (χ0v) is 11.5. The lowest BCUT2D eigenvalue weighted by Crippen LogP contribution is -2.19. The largest absolute Gasteiger partial charge is 0.380 e. The molecule has 4 N–H and O–H groups in total. The Labute approximate surface area is 121 Å². The van der Waals surface area contributed by atoms with Gasteiger partial charge in [0.15, 0.2) is 0 Å². The van der Waals surface area contributed by atoms with E-state index in [2.05, 4.69) is 10.7 Å². The lowest BCUT2D eigenvalue weighted by atomic mass is 10.1. The van der Waals surface area contributed by atoms with E-state index >= 15 is 0 Å². The lowest BCUT2D eigenvalue weighted by Gasteiger charge is -2.13. The fourth-order valence-corrected chi connectivity index (χ4v) is 1.97. The molecule has 6 heteroatoms. The summed E-state index contributed by atoms with van der Waals surface area (Å²) in [5.74, 6) is 4.23. The molecular formula is C15H16FN3O2. The maximum absolute atomic E-state index is 13.6. The average Bonchev–Trinajstić information content (AvgIpc) is 2.49. The second-order valence-corrected chi connectivity index (χ2v) is 4.35. The number of halogens is 1. The quantitative estimate of drug-likeness (QED) is 0.584. The molecule has 0 aliphatic carbocycles. The van der Waals surface area contributed by atoms with Gasteiger partial charge in [0.25, 0.3) is 5.91 Å². The maximum atomic E-state index is 13.6. The second-order valence-electron chi connectivity index (χ2n) is 4.35. The number of para-hydroxylation sites is 2. The van der Waals surface area contributed by atoms with E-state index in [1.807, 2.05) is 12.1 Å². The summed E-state index contributed by atoms with van der Waals surface area (Å²) in [6.07, 6.45) is 0. The molecule has 0 saturated heterocycles. The van der Waals surface area contributed by atoms with Crippen LogP contribution in [0, 0.1) is 5.82 Å². The Kier molecular flexibility index (Phi) is 4.86. The summed E-state index contributed by atoms with van der Waals surface area (Å²) in [6, 6.07) is 11.4. The van der Waals surface area contributed by atoms with Crippen molar-refractivity contribution in [3.05, 3.63) is 59.4 Å². The number of benzene rings is 2. The van der Waals surface area contributed by atoms with Crippen molar-refractivity contribution in [3.8, 4) is 0 Å². The number of hydrogen-bond acceptors (Lipinski definition) is 4. The third-order valence-electron chi connectivity index (χ3n) is 2.97. The van der Waals surface area contributed by atoms with Crippen LogP contribution in [0.1, 0.15) is 15.9 Å². The highest BCUT2D eigenvalue weighted by molar-refractivity contribution is 6.08. The Morgan fingerprint density at radius 2 is 2.00 bits per heavy atom. The Balaban J connectivity index is 2.29. The van der Waals surface area contributed by atoms with Gasteiger partial charge in [-0.25, -0.2) is 4.39 Å². The van der Waals surface area contributed by atoms with Gasteiger partial charge in [0.05, 0.1) is 17.9 Å². The minimum Gasteiger partial charge on any atom is -0.380 e. The molecule has 2 rings (SSSR count). The number of nitrogens with two attached hydrogens (primary N) is 1. The van der Waals surface area contributed by atoms with Crippen molar-refractivity contribution in [2.24, 2.45) is 5.84 Å². The highest BCUT2D eigenvalue weighted by Gasteiger charge is 2.15. The molecule has 1 amide bonds. The molecule has 0 unspecified atom stereocenters. The smallest absolute Gasteiger partial charge is 0.257 e. The van der Waals surface area contributed by atoms with E-state index in [0.29, 0.717) is 12.3 Å². The molecule has 0 bridgehead atoms. The summed E-state index contributed by atoms with van der Waals surface area (Å²) in [7, 11) is 1.57. The zero-order chi connectivity index (χ0) is 15.2. The number of rotatable bonds is 5. The molecule has 0 aliphatic rings. The molecule has 0 atom stereocenters. The molecule has 0 aliphatic heterocycles. The molecule has 0 aromatic heterocycles. The molecule has 0 heterocycles. The first-order valence-corrected chi connectivity index (χ1v) is 6.30. The molecule has 0 fully saturated rings. The van der Waals surface area contributed by atoms with Gasteiger partial charge < -0.3 is 15.5 Å². The van der Waals surface area contributed by atoms with Crippen LogP contribution in [0.15, 0.2) is 42.5 Å². The second kappa shape index (κ2) is 6.83. The van der Waals surface area contributed by atoms with Gasteiger partial charge in [0, 0.05) is 18.4 Å². The molecule has 21 heavy (non-hydrogen) atoms. The predicted molar refractivity (Wildman–Crippen MR) is 79.3 cm³/mol. The van der Waals surface area contributed by atoms with Gasteiger partial charge in [-0.1, -0.05) is 24.3 Å². The van der Waals surface area contributed by atoms with Crippen LogP contribution in [0.25, 0.3) is 0 Å². The minimum atomic E-state index is -0.588.